The summed E-state index contributed by atoms with van der Waals surface area (Å²) in [6.45, 7) is 0.883. The summed E-state index contributed by atoms with van der Waals surface area (Å²) in [4.78, 5) is 4.48. The average molecular weight is 260 g/mol. The van der Waals surface area contributed by atoms with Gasteiger partial charge in [0.1, 0.15) is 5.75 Å². The fourth-order valence-electron chi connectivity index (χ4n) is 2.67. The van der Waals surface area contributed by atoms with Crippen LogP contribution in [0.15, 0.2) is 18.3 Å². The Balaban J connectivity index is 1.49. The molecule has 0 amide bonds. The predicted octanol–water partition coefficient (Wildman–Crippen LogP) is 3.44. The van der Waals surface area contributed by atoms with Gasteiger partial charge in [0, 0.05) is 12.6 Å². The topological polar surface area (TPSA) is 34.2 Å². The molecular formula is C16H24N2O. The molecule has 0 unspecified atom stereocenters. The molecule has 0 atom stereocenters. The monoisotopic (exact) mass is 260 g/mol. The normalized spacial score (nSPS) is 21.1. The smallest absolute Gasteiger partial charge is 0.138 e. The van der Waals surface area contributed by atoms with Crippen molar-refractivity contribution in [2.75, 3.05) is 0 Å². The fraction of sp³-hybridized carbons (Fsp3) is 0.688. The molecule has 0 bridgehead atoms. The average Bonchev–Trinajstić information content (AvgIpc) is 3.26. The van der Waals surface area contributed by atoms with Gasteiger partial charge < -0.3 is 10.1 Å². The zero-order valence-electron chi connectivity index (χ0n) is 11.6. The Morgan fingerprint density at radius 2 is 1.84 bits per heavy atom. The summed E-state index contributed by atoms with van der Waals surface area (Å²) in [5.74, 6) is 0.932. The molecule has 0 spiro atoms. The Bertz CT molecular complexity index is 378. The van der Waals surface area contributed by atoms with E-state index in [1.54, 1.807) is 0 Å². The van der Waals surface area contributed by atoms with Gasteiger partial charge in [0.25, 0.3) is 0 Å². The molecule has 3 rings (SSSR count). The molecule has 0 radical (unpaired) electrons. The summed E-state index contributed by atoms with van der Waals surface area (Å²) in [6.07, 6.45) is 12.7. The van der Waals surface area contributed by atoms with Crippen molar-refractivity contribution < 1.29 is 4.74 Å². The van der Waals surface area contributed by atoms with Crippen molar-refractivity contribution >= 4 is 0 Å². The summed E-state index contributed by atoms with van der Waals surface area (Å²) in [5, 5.41) is 3.48. The zero-order valence-corrected chi connectivity index (χ0v) is 11.6. The van der Waals surface area contributed by atoms with Gasteiger partial charge in [-0.2, -0.15) is 0 Å². The lowest BCUT2D eigenvalue weighted by atomic mass is 10.1. The summed E-state index contributed by atoms with van der Waals surface area (Å²) in [5.41, 5.74) is 1.11. The second kappa shape index (κ2) is 6.38. The Kier molecular flexibility index (Phi) is 4.34. The highest BCUT2D eigenvalue weighted by Crippen LogP contribution is 2.23. The summed E-state index contributed by atoms with van der Waals surface area (Å²) < 4.78 is 6.05. The highest BCUT2D eigenvalue weighted by atomic mass is 16.5. The third-order valence-corrected chi connectivity index (χ3v) is 4.05. The van der Waals surface area contributed by atoms with Crippen molar-refractivity contribution in [3.8, 4) is 5.75 Å². The van der Waals surface area contributed by atoms with Crippen LogP contribution in [-0.2, 0) is 6.54 Å². The van der Waals surface area contributed by atoms with Crippen LogP contribution in [0.1, 0.15) is 57.1 Å². The first-order valence-corrected chi connectivity index (χ1v) is 7.75. The highest BCUT2D eigenvalue weighted by Gasteiger charge is 2.20. The molecular weight excluding hydrogens is 236 g/mol. The van der Waals surface area contributed by atoms with E-state index in [2.05, 4.69) is 22.4 Å². The van der Waals surface area contributed by atoms with Gasteiger partial charge in [0.05, 0.1) is 18.0 Å². The van der Waals surface area contributed by atoms with Gasteiger partial charge >= 0.3 is 0 Å². The van der Waals surface area contributed by atoms with Crippen LogP contribution in [-0.4, -0.2) is 17.1 Å². The van der Waals surface area contributed by atoms with Gasteiger partial charge in [-0.25, -0.2) is 0 Å². The SMILES string of the molecule is c1cc(CNC2CC2)ncc1OC1CCCCCC1. The number of aromatic nitrogens is 1. The Morgan fingerprint density at radius 1 is 1.05 bits per heavy atom. The van der Waals surface area contributed by atoms with Gasteiger partial charge in [-0.3, -0.25) is 4.98 Å². The second-order valence-electron chi connectivity index (χ2n) is 5.87. The molecule has 1 aromatic rings. The van der Waals surface area contributed by atoms with Crippen LogP contribution in [0.5, 0.6) is 5.75 Å². The van der Waals surface area contributed by atoms with Crippen LogP contribution in [0.3, 0.4) is 0 Å². The van der Waals surface area contributed by atoms with Crippen molar-refractivity contribution in [2.24, 2.45) is 0 Å². The first-order chi connectivity index (χ1) is 9.40. The first-order valence-electron chi connectivity index (χ1n) is 7.75. The molecule has 19 heavy (non-hydrogen) atoms. The highest BCUT2D eigenvalue weighted by molar-refractivity contribution is 5.20. The molecule has 3 nitrogen and oxygen atoms in total. The predicted molar refractivity (Wildman–Crippen MR) is 76.2 cm³/mol. The van der Waals surface area contributed by atoms with Crippen molar-refractivity contribution in [3.05, 3.63) is 24.0 Å². The number of ether oxygens (including phenoxy) is 1. The number of nitrogens with one attached hydrogen (secondary N) is 1. The van der Waals surface area contributed by atoms with E-state index in [0.29, 0.717) is 6.10 Å². The molecule has 1 aromatic heterocycles. The zero-order chi connectivity index (χ0) is 12.9. The molecule has 3 heteroatoms. The van der Waals surface area contributed by atoms with Crippen molar-refractivity contribution in [1.29, 1.82) is 0 Å². The maximum absolute atomic E-state index is 6.05. The molecule has 2 fully saturated rings. The Labute approximate surface area is 115 Å². The second-order valence-corrected chi connectivity index (χ2v) is 5.87. The van der Waals surface area contributed by atoms with Gasteiger partial charge in [-0.1, -0.05) is 12.8 Å². The van der Waals surface area contributed by atoms with E-state index in [-0.39, 0.29) is 0 Å². The molecule has 2 saturated carbocycles. The first kappa shape index (κ1) is 12.9. The van der Waals surface area contributed by atoms with Crippen LogP contribution in [0.2, 0.25) is 0 Å². The lowest BCUT2D eigenvalue weighted by Gasteiger charge is -2.16. The lowest BCUT2D eigenvalue weighted by Crippen LogP contribution is -2.17. The fourth-order valence-corrected chi connectivity index (χ4v) is 2.67. The summed E-state index contributed by atoms with van der Waals surface area (Å²) >= 11 is 0. The Hall–Kier alpha value is -1.09. The maximum Gasteiger partial charge on any atom is 0.138 e. The van der Waals surface area contributed by atoms with Crippen LogP contribution in [0.4, 0.5) is 0 Å². The van der Waals surface area contributed by atoms with E-state index in [9.17, 15) is 0 Å². The van der Waals surface area contributed by atoms with E-state index in [4.69, 9.17) is 4.74 Å². The summed E-state index contributed by atoms with van der Waals surface area (Å²) in [7, 11) is 0. The van der Waals surface area contributed by atoms with E-state index < -0.39 is 0 Å². The van der Waals surface area contributed by atoms with Gasteiger partial charge in [-0.15, -0.1) is 0 Å². The molecule has 1 heterocycles. The number of rotatable bonds is 5. The molecule has 0 saturated heterocycles. The van der Waals surface area contributed by atoms with Crippen LogP contribution in [0.25, 0.3) is 0 Å². The van der Waals surface area contributed by atoms with E-state index in [1.165, 1.54) is 51.4 Å². The maximum atomic E-state index is 6.05. The molecule has 0 aliphatic heterocycles. The van der Waals surface area contributed by atoms with Gasteiger partial charge in [0.2, 0.25) is 0 Å². The standard InChI is InChI=1S/C16H24N2O/c1-2-4-6-15(5-3-1)19-16-10-9-14(18-12-16)11-17-13-7-8-13/h9-10,12-13,15,17H,1-8,11H2. The minimum atomic E-state index is 0.403. The third-order valence-electron chi connectivity index (χ3n) is 4.05. The van der Waals surface area contributed by atoms with E-state index >= 15 is 0 Å². The summed E-state index contributed by atoms with van der Waals surface area (Å²) in [6, 6.07) is 4.90. The molecule has 2 aliphatic carbocycles. The van der Waals surface area contributed by atoms with E-state index in [1.807, 2.05) is 6.20 Å². The van der Waals surface area contributed by atoms with Crippen LogP contribution in [0, 0.1) is 0 Å². The third kappa shape index (κ3) is 4.20. The number of pyridine rings is 1. The lowest BCUT2D eigenvalue weighted by molar-refractivity contribution is 0.183. The van der Waals surface area contributed by atoms with E-state index in [0.717, 1.165) is 24.0 Å². The van der Waals surface area contributed by atoms with Crippen molar-refractivity contribution in [3.63, 3.8) is 0 Å². The quantitative estimate of drug-likeness (QED) is 0.824. The van der Waals surface area contributed by atoms with Crippen LogP contribution < -0.4 is 10.1 Å². The molecule has 104 valence electrons. The van der Waals surface area contributed by atoms with Crippen molar-refractivity contribution in [2.45, 2.75) is 70.1 Å². The minimum Gasteiger partial charge on any atom is -0.489 e. The molecule has 1 N–H and O–H groups in total. The molecule has 0 aromatic carbocycles. The van der Waals surface area contributed by atoms with Gasteiger partial charge in [-0.05, 0) is 50.7 Å². The largest absolute Gasteiger partial charge is 0.489 e. The number of hydrogen-bond acceptors (Lipinski definition) is 3. The number of nitrogens with zero attached hydrogens (tertiary/aromatic N) is 1. The van der Waals surface area contributed by atoms with Gasteiger partial charge in [0.15, 0.2) is 0 Å². The molecule has 2 aliphatic rings. The number of hydrogen-bond donors (Lipinski definition) is 1. The minimum absolute atomic E-state index is 0.403. The Morgan fingerprint density at radius 3 is 2.47 bits per heavy atom. The van der Waals surface area contributed by atoms with Crippen molar-refractivity contribution in [1.82, 2.24) is 10.3 Å². The van der Waals surface area contributed by atoms with Crippen LogP contribution >= 0.6 is 0 Å².